The molecule has 4 rings (SSSR count). The quantitative estimate of drug-likeness (QED) is 0.395. The molecule has 2 aliphatic carbocycles. The standard InChI is InChI=1S/C23H22F4/c1-2-3-13-4-6-18-14(8-13)5-7-19-20(18)12-21(26)22(23(19)27)15-9-16(24)11-17(25)10-15/h2-3,9-14,18H,4-8H2,1H3/b3-2+. The lowest BCUT2D eigenvalue weighted by Crippen LogP contribution is -2.28. The second-order valence-electron chi connectivity index (χ2n) is 7.78. The van der Waals surface area contributed by atoms with E-state index in [1.54, 1.807) is 0 Å². The van der Waals surface area contributed by atoms with Gasteiger partial charge in [-0.05, 0) is 91.7 Å². The molecular formula is C23H22F4. The molecule has 1 fully saturated rings. The number of benzene rings is 2. The normalized spacial score (nSPS) is 24.7. The zero-order chi connectivity index (χ0) is 19.1. The summed E-state index contributed by atoms with van der Waals surface area (Å²) in [4.78, 5) is 0. The molecule has 1 saturated carbocycles. The Hall–Kier alpha value is -2.10. The summed E-state index contributed by atoms with van der Waals surface area (Å²) in [6.45, 7) is 2.02. The minimum Gasteiger partial charge on any atom is -0.207 e. The first kappa shape index (κ1) is 18.3. The van der Waals surface area contributed by atoms with Crippen LogP contribution in [0.3, 0.4) is 0 Å². The van der Waals surface area contributed by atoms with Crippen molar-refractivity contribution in [2.24, 2.45) is 11.8 Å². The number of rotatable bonds is 2. The van der Waals surface area contributed by atoms with Crippen LogP contribution in [-0.4, -0.2) is 0 Å². The molecule has 0 aliphatic heterocycles. The summed E-state index contributed by atoms with van der Waals surface area (Å²) in [5.41, 5.74) is 0.847. The van der Waals surface area contributed by atoms with Crippen LogP contribution in [0.25, 0.3) is 11.1 Å². The molecule has 0 spiro atoms. The van der Waals surface area contributed by atoms with Crippen molar-refractivity contribution < 1.29 is 17.6 Å². The predicted octanol–water partition coefficient (Wildman–Crippen LogP) is 6.93. The van der Waals surface area contributed by atoms with Crippen LogP contribution in [0.4, 0.5) is 17.6 Å². The fraction of sp³-hybridized carbons (Fsp3) is 0.391. The van der Waals surface area contributed by atoms with Gasteiger partial charge in [0.25, 0.3) is 0 Å². The Kier molecular flexibility index (Phi) is 4.83. The van der Waals surface area contributed by atoms with Gasteiger partial charge in [0.15, 0.2) is 0 Å². The summed E-state index contributed by atoms with van der Waals surface area (Å²) in [6, 6.07) is 4.06. The van der Waals surface area contributed by atoms with E-state index in [4.69, 9.17) is 0 Å². The van der Waals surface area contributed by atoms with E-state index in [1.165, 1.54) is 6.07 Å². The third-order valence-corrected chi connectivity index (χ3v) is 6.16. The van der Waals surface area contributed by atoms with Gasteiger partial charge in [-0.1, -0.05) is 12.2 Å². The van der Waals surface area contributed by atoms with E-state index in [2.05, 4.69) is 12.2 Å². The molecule has 0 aromatic heterocycles. The third kappa shape index (κ3) is 3.30. The number of fused-ring (bicyclic) bond motifs is 3. The molecular weight excluding hydrogens is 352 g/mol. The topological polar surface area (TPSA) is 0 Å². The van der Waals surface area contributed by atoms with E-state index < -0.39 is 23.3 Å². The van der Waals surface area contributed by atoms with E-state index in [0.717, 1.165) is 43.4 Å². The highest BCUT2D eigenvalue weighted by Gasteiger charge is 2.37. The lowest BCUT2D eigenvalue weighted by atomic mass is 9.65. The fourth-order valence-electron chi connectivity index (χ4n) is 5.03. The average molecular weight is 374 g/mol. The van der Waals surface area contributed by atoms with Crippen LogP contribution in [0.5, 0.6) is 0 Å². The lowest BCUT2D eigenvalue weighted by molar-refractivity contribution is 0.234. The Bertz CT molecular complexity index is 879. The highest BCUT2D eigenvalue weighted by Crippen LogP contribution is 2.49. The summed E-state index contributed by atoms with van der Waals surface area (Å²) in [6.07, 6.45) is 8.69. The molecule has 0 amide bonds. The zero-order valence-electron chi connectivity index (χ0n) is 15.2. The molecule has 4 heteroatoms. The molecule has 0 radical (unpaired) electrons. The van der Waals surface area contributed by atoms with E-state index in [1.807, 2.05) is 6.92 Å². The summed E-state index contributed by atoms with van der Waals surface area (Å²) in [7, 11) is 0. The first-order chi connectivity index (χ1) is 13.0. The average Bonchev–Trinajstić information content (AvgIpc) is 2.61. The predicted molar refractivity (Wildman–Crippen MR) is 98.4 cm³/mol. The Morgan fingerprint density at radius 2 is 1.67 bits per heavy atom. The molecule has 0 saturated heterocycles. The number of halogens is 4. The van der Waals surface area contributed by atoms with Crippen LogP contribution in [0.1, 0.15) is 49.7 Å². The third-order valence-electron chi connectivity index (χ3n) is 6.16. The summed E-state index contributed by atoms with van der Waals surface area (Å²) in [5.74, 6) is -1.95. The van der Waals surface area contributed by atoms with Gasteiger partial charge in [0, 0.05) is 6.07 Å². The highest BCUT2D eigenvalue weighted by atomic mass is 19.1. The van der Waals surface area contributed by atoms with Gasteiger partial charge in [0.2, 0.25) is 0 Å². The summed E-state index contributed by atoms with van der Waals surface area (Å²) in [5, 5.41) is 0. The molecule has 3 unspecified atom stereocenters. The summed E-state index contributed by atoms with van der Waals surface area (Å²) >= 11 is 0. The minimum absolute atomic E-state index is 0.0933. The molecule has 0 N–H and O–H groups in total. The van der Waals surface area contributed by atoms with Crippen molar-refractivity contribution in [1.29, 1.82) is 0 Å². The zero-order valence-corrected chi connectivity index (χ0v) is 15.2. The smallest absolute Gasteiger partial charge is 0.137 e. The summed E-state index contributed by atoms with van der Waals surface area (Å²) < 4.78 is 57.2. The van der Waals surface area contributed by atoms with Gasteiger partial charge in [-0.25, -0.2) is 17.6 Å². The Labute approximate surface area is 156 Å². The number of hydrogen-bond donors (Lipinski definition) is 0. The van der Waals surface area contributed by atoms with Crippen LogP contribution >= 0.6 is 0 Å². The van der Waals surface area contributed by atoms with E-state index in [-0.39, 0.29) is 17.0 Å². The van der Waals surface area contributed by atoms with Crippen LogP contribution < -0.4 is 0 Å². The van der Waals surface area contributed by atoms with Gasteiger partial charge in [-0.2, -0.15) is 0 Å². The van der Waals surface area contributed by atoms with Crippen molar-refractivity contribution in [3.05, 3.63) is 70.8 Å². The van der Waals surface area contributed by atoms with E-state index in [0.29, 0.717) is 29.9 Å². The number of hydrogen-bond acceptors (Lipinski definition) is 0. The molecule has 2 aromatic carbocycles. The van der Waals surface area contributed by atoms with Crippen molar-refractivity contribution in [2.45, 2.75) is 44.9 Å². The maximum absolute atomic E-state index is 15.2. The van der Waals surface area contributed by atoms with Crippen LogP contribution in [0, 0.1) is 35.1 Å². The number of allylic oxidation sites excluding steroid dienone is 2. The lowest BCUT2D eigenvalue weighted by Gasteiger charge is -2.40. The van der Waals surface area contributed by atoms with Gasteiger partial charge >= 0.3 is 0 Å². The van der Waals surface area contributed by atoms with Crippen LogP contribution in [-0.2, 0) is 6.42 Å². The van der Waals surface area contributed by atoms with Crippen LogP contribution in [0.2, 0.25) is 0 Å². The molecule has 3 atom stereocenters. The first-order valence-corrected chi connectivity index (χ1v) is 9.58. The second kappa shape index (κ2) is 7.14. The fourth-order valence-corrected chi connectivity index (χ4v) is 5.03. The van der Waals surface area contributed by atoms with Crippen molar-refractivity contribution in [3.63, 3.8) is 0 Å². The van der Waals surface area contributed by atoms with Gasteiger partial charge < -0.3 is 0 Å². The van der Waals surface area contributed by atoms with Crippen molar-refractivity contribution >= 4 is 0 Å². The highest BCUT2D eigenvalue weighted by molar-refractivity contribution is 5.67. The molecule has 27 heavy (non-hydrogen) atoms. The van der Waals surface area contributed by atoms with Crippen molar-refractivity contribution in [2.75, 3.05) is 0 Å². The molecule has 2 aliphatic rings. The SMILES string of the molecule is C/C=C/C1CCC2c3cc(F)c(-c4cc(F)cc(F)c4)c(F)c3CCC2C1. The maximum Gasteiger partial charge on any atom is 0.137 e. The largest absolute Gasteiger partial charge is 0.207 e. The molecule has 0 heterocycles. The Morgan fingerprint density at radius 1 is 0.926 bits per heavy atom. The van der Waals surface area contributed by atoms with E-state index in [9.17, 15) is 13.2 Å². The van der Waals surface area contributed by atoms with Gasteiger partial charge in [0.1, 0.15) is 23.3 Å². The monoisotopic (exact) mass is 374 g/mol. The molecule has 0 nitrogen and oxygen atoms in total. The molecule has 142 valence electrons. The molecule has 2 aromatic rings. The first-order valence-electron chi connectivity index (χ1n) is 9.58. The van der Waals surface area contributed by atoms with E-state index >= 15 is 4.39 Å². The van der Waals surface area contributed by atoms with Gasteiger partial charge in [0.05, 0.1) is 5.56 Å². The van der Waals surface area contributed by atoms with Crippen molar-refractivity contribution in [1.82, 2.24) is 0 Å². The van der Waals surface area contributed by atoms with Crippen molar-refractivity contribution in [3.8, 4) is 11.1 Å². The Balaban J connectivity index is 1.75. The Morgan fingerprint density at radius 3 is 2.37 bits per heavy atom. The minimum atomic E-state index is -0.844. The molecule has 0 bridgehead atoms. The second-order valence-corrected chi connectivity index (χ2v) is 7.78. The van der Waals surface area contributed by atoms with Gasteiger partial charge in [-0.15, -0.1) is 0 Å². The van der Waals surface area contributed by atoms with Gasteiger partial charge in [-0.3, -0.25) is 0 Å². The maximum atomic E-state index is 15.2. The van der Waals surface area contributed by atoms with Crippen LogP contribution in [0.15, 0.2) is 36.4 Å².